The zero-order chi connectivity index (χ0) is 20.4. The molecule has 1 amide bonds. The molecule has 0 bridgehead atoms. The lowest BCUT2D eigenvalue weighted by molar-refractivity contribution is -0.137. The third-order valence-corrected chi connectivity index (χ3v) is 4.44. The number of pyridine rings is 1. The second-order valence-electron chi connectivity index (χ2n) is 6.45. The first-order valence-corrected chi connectivity index (χ1v) is 8.86. The molecule has 0 radical (unpaired) electrons. The van der Waals surface area contributed by atoms with Gasteiger partial charge < -0.3 is 15.4 Å². The van der Waals surface area contributed by atoms with E-state index in [1.54, 1.807) is 42.5 Å². The number of hydrogen-bond acceptors (Lipinski definition) is 4. The largest absolute Gasteiger partial charge is 0.490 e. The number of alkyl halides is 3. The summed E-state index contributed by atoms with van der Waals surface area (Å²) in [6.07, 6.45) is -3.32. The highest BCUT2D eigenvalue weighted by Crippen LogP contribution is 2.32. The number of carbonyl (C=O) groups excluding carboxylic acids is 1. The molecule has 1 aliphatic heterocycles. The number of nitrogens with zero attached hydrogens (tertiary/aromatic N) is 1. The lowest BCUT2D eigenvalue weighted by atomic mass is 10.1. The van der Waals surface area contributed by atoms with Crippen molar-refractivity contribution in [2.45, 2.75) is 6.18 Å². The van der Waals surface area contributed by atoms with Gasteiger partial charge in [0, 0.05) is 29.6 Å². The van der Waals surface area contributed by atoms with Gasteiger partial charge in [0.05, 0.1) is 16.9 Å². The van der Waals surface area contributed by atoms with E-state index in [0.29, 0.717) is 30.0 Å². The van der Waals surface area contributed by atoms with Gasteiger partial charge in [0.15, 0.2) is 0 Å². The predicted molar refractivity (Wildman–Crippen MR) is 103 cm³/mol. The molecule has 2 N–H and O–H groups in total. The maximum atomic E-state index is 12.9. The molecule has 0 unspecified atom stereocenters. The second-order valence-corrected chi connectivity index (χ2v) is 6.45. The molecule has 1 aliphatic rings. The van der Waals surface area contributed by atoms with E-state index in [1.807, 2.05) is 0 Å². The van der Waals surface area contributed by atoms with Crippen LogP contribution < -0.4 is 15.4 Å². The van der Waals surface area contributed by atoms with Gasteiger partial charge in [-0.1, -0.05) is 12.1 Å². The highest BCUT2D eigenvalue weighted by molar-refractivity contribution is 6.04. The topological polar surface area (TPSA) is 63.2 Å². The highest BCUT2D eigenvalue weighted by Gasteiger charge is 2.30. The van der Waals surface area contributed by atoms with Crippen LogP contribution in [-0.4, -0.2) is 24.0 Å². The van der Waals surface area contributed by atoms with Crippen LogP contribution in [0.3, 0.4) is 0 Å². The van der Waals surface area contributed by atoms with Crippen LogP contribution in [0.25, 0.3) is 11.3 Å². The number of halogens is 3. The number of fused-ring (bicyclic) bond motifs is 1. The van der Waals surface area contributed by atoms with Crippen LogP contribution in [0.4, 0.5) is 24.5 Å². The number of nitrogens with one attached hydrogen (secondary N) is 2. The van der Waals surface area contributed by atoms with E-state index in [4.69, 9.17) is 4.74 Å². The van der Waals surface area contributed by atoms with Crippen molar-refractivity contribution in [3.8, 4) is 17.0 Å². The first kappa shape index (κ1) is 18.8. The van der Waals surface area contributed by atoms with E-state index >= 15 is 0 Å². The third kappa shape index (κ3) is 4.16. The normalized spacial score (nSPS) is 13.1. The molecule has 0 fully saturated rings. The Balaban J connectivity index is 1.50. The molecule has 8 heteroatoms. The van der Waals surface area contributed by atoms with E-state index in [1.165, 1.54) is 0 Å². The third-order valence-electron chi connectivity index (χ3n) is 4.44. The maximum absolute atomic E-state index is 12.9. The zero-order valence-corrected chi connectivity index (χ0v) is 15.1. The minimum atomic E-state index is -4.44. The molecule has 29 heavy (non-hydrogen) atoms. The van der Waals surface area contributed by atoms with Crippen molar-refractivity contribution in [2.24, 2.45) is 0 Å². The van der Waals surface area contributed by atoms with E-state index in [-0.39, 0.29) is 11.6 Å². The Bertz CT molecular complexity index is 1050. The molecule has 148 valence electrons. The van der Waals surface area contributed by atoms with E-state index in [9.17, 15) is 18.0 Å². The molecule has 0 saturated carbocycles. The molecule has 0 saturated heterocycles. The fourth-order valence-electron chi connectivity index (χ4n) is 2.98. The molecule has 3 aromatic rings. The summed E-state index contributed by atoms with van der Waals surface area (Å²) in [5.41, 5.74) is 1.70. The molecule has 0 spiro atoms. The number of hydrogen-bond donors (Lipinski definition) is 2. The molecule has 1 aromatic heterocycles. The minimum Gasteiger partial charge on any atom is -0.490 e. The summed E-state index contributed by atoms with van der Waals surface area (Å²) in [6, 6.07) is 13.4. The molecule has 0 atom stereocenters. The Kier molecular flexibility index (Phi) is 4.84. The average molecular weight is 399 g/mol. The van der Waals surface area contributed by atoms with Crippen LogP contribution in [0.2, 0.25) is 0 Å². The van der Waals surface area contributed by atoms with Crippen LogP contribution in [0.15, 0.2) is 60.8 Å². The van der Waals surface area contributed by atoms with Gasteiger partial charge in [-0.2, -0.15) is 13.2 Å². The molecular formula is C21H16F3N3O2. The molecule has 4 rings (SSSR count). The van der Waals surface area contributed by atoms with Gasteiger partial charge in [0.2, 0.25) is 0 Å². The lowest BCUT2D eigenvalue weighted by Gasteiger charge is -2.19. The summed E-state index contributed by atoms with van der Waals surface area (Å²) >= 11 is 0. The standard InChI is InChI=1S/C21H16F3N3O2/c22-21(23,24)15-7-8-25-17(11-15)13-1-3-14(4-2-13)20(28)27-16-5-6-19-18(12-16)26-9-10-29-19/h1-8,11-12,26H,9-10H2,(H,27,28). The highest BCUT2D eigenvalue weighted by atomic mass is 19.4. The van der Waals surface area contributed by atoms with Crippen molar-refractivity contribution in [1.82, 2.24) is 4.98 Å². The van der Waals surface area contributed by atoms with Crippen LogP contribution >= 0.6 is 0 Å². The van der Waals surface area contributed by atoms with Crippen molar-refractivity contribution in [2.75, 3.05) is 23.8 Å². The van der Waals surface area contributed by atoms with Gasteiger partial charge in [-0.05, 0) is 42.5 Å². The summed E-state index contributed by atoms with van der Waals surface area (Å²) in [5, 5.41) is 5.99. The minimum absolute atomic E-state index is 0.188. The summed E-state index contributed by atoms with van der Waals surface area (Å²) in [4.78, 5) is 16.5. The SMILES string of the molecule is O=C(Nc1ccc2c(c1)NCCO2)c1ccc(-c2cc(C(F)(F)F)ccn2)cc1. The van der Waals surface area contributed by atoms with Crippen LogP contribution in [0.1, 0.15) is 15.9 Å². The van der Waals surface area contributed by atoms with Gasteiger partial charge in [0.25, 0.3) is 5.91 Å². The lowest BCUT2D eigenvalue weighted by Crippen LogP contribution is -2.18. The van der Waals surface area contributed by atoms with Gasteiger partial charge in [-0.25, -0.2) is 0 Å². The summed E-state index contributed by atoms with van der Waals surface area (Å²) < 4.78 is 44.1. The second kappa shape index (κ2) is 7.46. The van der Waals surface area contributed by atoms with Gasteiger partial charge >= 0.3 is 6.18 Å². The monoisotopic (exact) mass is 399 g/mol. The number of carbonyl (C=O) groups is 1. The van der Waals surface area contributed by atoms with Crippen LogP contribution in [-0.2, 0) is 6.18 Å². The molecule has 2 heterocycles. The van der Waals surface area contributed by atoms with Gasteiger partial charge in [0.1, 0.15) is 12.4 Å². The average Bonchev–Trinajstić information content (AvgIpc) is 2.73. The molecular weight excluding hydrogens is 383 g/mol. The predicted octanol–water partition coefficient (Wildman–Crippen LogP) is 4.82. The Hall–Kier alpha value is -3.55. The Morgan fingerprint density at radius 2 is 1.86 bits per heavy atom. The van der Waals surface area contributed by atoms with Crippen molar-refractivity contribution < 1.29 is 22.7 Å². The zero-order valence-electron chi connectivity index (χ0n) is 15.1. The van der Waals surface area contributed by atoms with Crippen molar-refractivity contribution in [1.29, 1.82) is 0 Å². The number of rotatable bonds is 3. The van der Waals surface area contributed by atoms with Gasteiger partial charge in [-0.15, -0.1) is 0 Å². The number of amides is 1. The van der Waals surface area contributed by atoms with Crippen LogP contribution in [0, 0.1) is 0 Å². The Morgan fingerprint density at radius 3 is 2.62 bits per heavy atom. The maximum Gasteiger partial charge on any atom is 0.416 e. The summed E-state index contributed by atoms with van der Waals surface area (Å²) in [6.45, 7) is 1.28. The van der Waals surface area contributed by atoms with Crippen LogP contribution in [0.5, 0.6) is 5.75 Å². The van der Waals surface area contributed by atoms with Crippen molar-refractivity contribution >= 4 is 17.3 Å². The van der Waals surface area contributed by atoms with E-state index in [2.05, 4.69) is 15.6 Å². The fourth-order valence-corrected chi connectivity index (χ4v) is 2.98. The molecule has 0 aliphatic carbocycles. The first-order chi connectivity index (χ1) is 13.9. The Morgan fingerprint density at radius 1 is 1.07 bits per heavy atom. The van der Waals surface area contributed by atoms with Gasteiger partial charge in [-0.3, -0.25) is 9.78 Å². The Labute approximate surface area is 164 Å². The number of aromatic nitrogens is 1. The molecule has 5 nitrogen and oxygen atoms in total. The first-order valence-electron chi connectivity index (χ1n) is 8.86. The van der Waals surface area contributed by atoms with E-state index in [0.717, 1.165) is 29.8 Å². The number of benzene rings is 2. The fraction of sp³-hybridized carbons (Fsp3) is 0.143. The number of anilines is 2. The van der Waals surface area contributed by atoms with E-state index < -0.39 is 11.7 Å². The molecule has 2 aromatic carbocycles. The quantitative estimate of drug-likeness (QED) is 0.663. The summed E-state index contributed by atoms with van der Waals surface area (Å²) in [5.74, 6) is 0.400. The van der Waals surface area contributed by atoms with Crippen molar-refractivity contribution in [3.05, 3.63) is 71.9 Å². The number of ether oxygens (including phenoxy) is 1. The van der Waals surface area contributed by atoms with Crippen molar-refractivity contribution in [3.63, 3.8) is 0 Å². The smallest absolute Gasteiger partial charge is 0.416 e. The summed E-state index contributed by atoms with van der Waals surface area (Å²) in [7, 11) is 0.